The molecule has 5 heteroatoms. The van der Waals surface area contributed by atoms with Gasteiger partial charge in [-0.2, -0.15) is 0 Å². The van der Waals surface area contributed by atoms with Gasteiger partial charge >= 0.3 is 0 Å². The average Bonchev–Trinajstić information content (AvgIpc) is 2.71. The Balaban J connectivity index is 2.33. The third kappa shape index (κ3) is 1.84. The van der Waals surface area contributed by atoms with E-state index in [1.165, 1.54) is 11.3 Å². The molecule has 0 N–H and O–H groups in total. The molecule has 0 atom stereocenters. The highest BCUT2D eigenvalue weighted by atomic mass is 35.5. The molecule has 2 rings (SSSR count). The van der Waals surface area contributed by atoms with Crippen LogP contribution in [0.5, 0.6) is 0 Å². The van der Waals surface area contributed by atoms with Crippen molar-refractivity contribution in [3.05, 3.63) is 29.7 Å². The summed E-state index contributed by atoms with van der Waals surface area (Å²) in [6, 6.07) is 0. The molecule has 13 heavy (non-hydrogen) atoms. The van der Waals surface area contributed by atoms with E-state index in [0.29, 0.717) is 11.7 Å². The zero-order chi connectivity index (χ0) is 9.10. The normalized spacial score (nSPS) is 10.2. The van der Waals surface area contributed by atoms with Crippen molar-refractivity contribution in [1.82, 2.24) is 15.0 Å². The molecule has 2 aromatic heterocycles. The summed E-state index contributed by atoms with van der Waals surface area (Å²) in [6.07, 6.45) is 5.21. The molecule has 0 saturated carbocycles. The molecule has 0 spiro atoms. The fraction of sp³-hybridized carbons (Fsp3) is 0.125. The third-order valence-corrected chi connectivity index (χ3v) is 2.59. The molecule has 2 aromatic rings. The first-order valence-electron chi connectivity index (χ1n) is 3.66. The molecule has 0 fully saturated rings. The highest BCUT2D eigenvalue weighted by Gasteiger charge is 2.01. The van der Waals surface area contributed by atoms with Gasteiger partial charge in [0.25, 0.3) is 0 Å². The molecule has 0 bridgehead atoms. The van der Waals surface area contributed by atoms with Crippen LogP contribution in [0.2, 0.25) is 0 Å². The summed E-state index contributed by atoms with van der Waals surface area (Å²) in [5.74, 6) is 1.15. The van der Waals surface area contributed by atoms with Gasteiger partial charge in [0.2, 0.25) is 0 Å². The Morgan fingerprint density at radius 2 is 2.00 bits per heavy atom. The van der Waals surface area contributed by atoms with Crippen molar-refractivity contribution in [1.29, 1.82) is 0 Å². The summed E-state index contributed by atoms with van der Waals surface area (Å²) in [6.45, 7) is 0. The summed E-state index contributed by atoms with van der Waals surface area (Å²) in [7, 11) is 0. The second-order valence-corrected chi connectivity index (χ2v) is 3.57. The van der Waals surface area contributed by atoms with E-state index in [-0.39, 0.29) is 0 Å². The van der Waals surface area contributed by atoms with Gasteiger partial charge in [0.1, 0.15) is 0 Å². The lowest BCUT2D eigenvalue weighted by Crippen LogP contribution is -1.88. The van der Waals surface area contributed by atoms with Crippen molar-refractivity contribution in [2.45, 2.75) is 5.88 Å². The van der Waals surface area contributed by atoms with Gasteiger partial charge in [-0.1, -0.05) is 0 Å². The number of hydrogen-bond acceptors (Lipinski definition) is 4. The van der Waals surface area contributed by atoms with E-state index in [1.54, 1.807) is 24.1 Å². The number of alkyl halides is 1. The van der Waals surface area contributed by atoms with Gasteiger partial charge in [0, 0.05) is 24.2 Å². The molecular formula is C8H6ClN3S. The van der Waals surface area contributed by atoms with E-state index >= 15 is 0 Å². The fourth-order valence-electron chi connectivity index (χ4n) is 0.877. The van der Waals surface area contributed by atoms with Gasteiger partial charge in [0.15, 0.2) is 5.82 Å². The first-order chi connectivity index (χ1) is 6.40. The topological polar surface area (TPSA) is 38.7 Å². The number of aromatic nitrogens is 3. The van der Waals surface area contributed by atoms with Crippen LogP contribution in [0.4, 0.5) is 0 Å². The lowest BCUT2D eigenvalue weighted by atomic mass is 10.4. The van der Waals surface area contributed by atoms with Crippen LogP contribution < -0.4 is 0 Å². The lowest BCUT2D eigenvalue weighted by Gasteiger charge is -1.95. The monoisotopic (exact) mass is 211 g/mol. The largest absolute Gasteiger partial charge is 0.252 e. The minimum absolute atomic E-state index is 0.447. The molecule has 0 unspecified atom stereocenters. The minimum atomic E-state index is 0.447. The Bertz CT molecular complexity index is 371. The van der Waals surface area contributed by atoms with E-state index in [2.05, 4.69) is 15.0 Å². The van der Waals surface area contributed by atoms with Crippen LogP contribution in [0.3, 0.4) is 0 Å². The Morgan fingerprint density at radius 3 is 2.54 bits per heavy atom. The summed E-state index contributed by atoms with van der Waals surface area (Å²) in [5, 5.41) is 0. The molecular weight excluding hydrogens is 206 g/mol. The van der Waals surface area contributed by atoms with Crippen molar-refractivity contribution >= 4 is 22.9 Å². The minimum Gasteiger partial charge on any atom is -0.252 e. The molecule has 0 radical (unpaired) electrons. The number of hydrogen-bond donors (Lipinski definition) is 0. The van der Waals surface area contributed by atoms with Gasteiger partial charge in [-0.3, -0.25) is 4.98 Å². The third-order valence-electron chi connectivity index (χ3n) is 1.51. The van der Waals surface area contributed by atoms with Gasteiger partial charge in [-0.25, -0.2) is 9.97 Å². The first kappa shape index (κ1) is 8.59. The van der Waals surface area contributed by atoms with Crippen LogP contribution >= 0.6 is 22.9 Å². The summed E-state index contributed by atoms with van der Waals surface area (Å²) < 4.78 is 0. The van der Waals surface area contributed by atoms with Crippen LogP contribution in [0.15, 0.2) is 24.1 Å². The first-order valence-corrected chi connectivity index (χ1v) is 5.07. The highest BCUT2D eigenvalue weighted by molar-refractivity contribution is 7.13. The number of halogens is 1. The lowest BCUT2D eigenvalue weighted by molar-refractivity contribution is 1.13. The zero-order valence-electron chi connectivity index (χ0n) is 6.64. The van der Waals surface area contributed by atoms with Crippen molar-refractivity contribution < 1.29 is 0 Å². The second-order valence-electron chi connectivity index (χ2n) is 2.41. The molecule has 0 aromatic carbocycles. The van der Waals surface area contributed by atoms with Gasteiger partial charge in [0.05, 0.1) is 16.3 Å². The molecule has 0 aliphatic heterocycles. The Labute approximate surface area is 84.5 Å². The van der Waals surface area contributed by atoms with Gasteiger partial charge < -0.3 is 0 Å². The second kappa shape index (κ2) is 3.81. The van der Waals surface area contributed by atoms with E-state index in [9.17, 15) is 0 Å². The maximum atomic E-state index is 5.61. The van der Waals surface area contributed by atoms with Crippen LogP contribution in [0.25, 0.3) is 10.7 Å². The number of nitrogens with zero attached hydrogens (tertiary/aromatic N) is 3. The van der Waals surface area contributed by atoms with Crippen molar-refractivity contribution in [2.24, 2.45) is 0 Å². The average molecular weight is 212 g/mol. The maximum absolute atomic E-state index is 5.61. The van der Waals surface area contributed by atoms with Gasteiger partial charge in [-0.05, 0) is 0 Å². The van der Waals surface area contributed by atoms with Crippen LogP contribution in [0, 0.1) is 0 Å². The zero-order valence-corrected chi connectivity index (χ0v) is 8.22. The smallest absolute Gasteiger partial charge is 0.171 e. The summed E-state index contributed by atoms with van der Waals surface area (Å²) >= 11 is 7.13. The molecule has 0 aliphatic rings. The molecule has 0 saturated heterocycles. The maximum Gasteiger partial charge on any atom is 0.171 e. The predicted molar refractivity (Wildman–Crippen MR) is 52.7 cm³/mol. The molecule has 0 amide bonds. The molecule has 0 aliphatic carbocycles. The summed E-state index contributed by atoms with van der Waals surface area (Å²) in [5.41, 5.74) is 2.68. The van der Waals surface area contributed by atoms with Crippen LogP contribution in [0.1, 0.15) is 5.56 Å². The van der Waals surface area contributed by atoms with Crippen molar-refractivity contribution in [3.8, 4) is 10.7 Å². The molecule has 3 nitrogen and oxygen atoms in total. The number of rotatable bonds is 2. The quantitative estimate of drug-likeness (QED) is 0.716. The van der Waals surface area contributed by atoms with E-state index in [4.69, 9.17) is 11.6 Å². The van der Waals surface area contributed by atoms with Gasteiger partial charge in [-0.15, -0.1) is 22.9 Å². The van der Waals surface area contributed by atoms with E-state index < -0.39 is 0 Å². The molecule has 66 valence electrons. The molecule has 2 heterocycles. The predicted octanol–water partition coefficient (Wildman–Crippen LogP) is 2.34. The Kier molecular flexibility index (Phi) is 2.52. The SMILES string of the molecule is ClCc1cnc(-c2cncs2)nc1. The van der Waals surface area contributed by atoms with E-state index in [0.717, 1.165) is 10.4 Å². The Morgan fingerprint density at radius 1 is 1.23 bits per heavy atom. The van der Waals surface area contributed by atoms with E-state index in [1.807, 2.05) is 0 Å². The summed E-state index contributed by atoms with van der Waals surface area (Å²) in [4.78, 5) is 13.3. The number of thiazole rings is 1. The van der Waals surface area contributed by atoms with Crippen LogP contribution in [-0.2, 0) is 5.88 Å². The van der Waals surface area contributed by atoms with Crippen molar-refractivity contribution in [3.63, 3.8) is 0 Å². The fourth-order valence-corrected chi connectivity index (χ4v) is 1.58. The highest BCUT2D eigenvalue weighted by Crippen LogP contribution is 2.18. The Hall–Kier alpha value is -1.00. The van der Waals surface area contributed by atoms with Crippen molar-refractivity contribution in [2.75, 3.05) is 0 Å². The standard InChI is InChI=1S/C8H6ClN3S/c9-1-6-2-11-8(12-3-6)7-4-10-5-13-7/h2-5H,1H2. The van der Waals surface area contributed by atoms with Crippen LogP contribution in [-0.4, -0.2) is 15.0 Å².